The molecule has 0 fully saturated rings. The molecule has 1 atom stereocenters. The van der Waals surface area contributed by atoms with Crippen LogP contribution in [0.4, 0.5) is 21.9 Å². The molecule has 0 aromatic heterocycles. The Kier molecular flexibility index (Phi) is 5.96. The van der Waals surface area contributed by atoms with E-state index in [1.54, 1.807) is 30.0 Å². The molecule has 1 unspecified atom stereocenters. The van der Waals surface area contributed by atoms with Gasteiger partial charge in [0.15, 0.2) is 6.10 Å². The number of hydrogen-bond acceptors (Lipinski definition) is 3. The van der Waals surface area contributed by atoms with Gasteiger partial charge in [0.2, 0.25) is 0 Å². The molecule has 1 aliphatic rings. The number of rotatable bonds is 6. The van der Waals surface area contributed by atoms with Crippen LogP contribution in [0.5, 0.6) is 5.75 Å². The van der Waals surface area contributed by atoms with Gasteiger partial charge in [0.1, 0.15) is 5.75 Å². The normalized spacial score (nSPS) is 15.7. The van der Waals surface area contributed by atoms with Gasteiger partial charge in [0.05, 0.1) is 5.69 Å². The van der Waals surface area contributed by atoms with Gasteiger partial charge in [-0.1, -0.05) is 38.0 Å². The number of urea groups is 1. The molecule has 0 saturated carbocycles. The summed E-state index contributed by atoms with van der Waals surface area (Å²) >= 11 is 0. The van der Waals surface area contributed by atoms with E-state index in [0.717, 1.165) is 19.3 Å². The summed E-state index contributed by atoms with van der Waals surface area (Å²) in [5.74, 6) is 0.608. The number of amides is 3. The van der Waals surface area contributed by atoms with Gasteiger partial charge in [-0.3, -0.25) is 4.79 Å². The Balaban J connectivity index is 1.75. The highest BCUT2D eigenvalue weighted by molar-refractivity contribution is 6.03. The van der Waals surface area contributed by atoms with Gasteiger partial charge in [-0.15, -0.1) is 0 Å². The first-order valence-corrected chi connectivity index (χ1v) is 9.33. The second-order valence-corrected chi connectivity index (χ2v) is 6.58. The number of carbonyl (C=O) groups excluding carboxylic acids is 2. The lowest BCUT2D eigenvalue weighted by Crippen LogP contribution is -2.44. The fourth-order valence-electron chi connectivity index (χ4n) is 3.05. The van der Waals surface area contributed by atoms with Gasteiger partial charge in [0, 0.05) is 17.9 Å². The number of unbranched alkanes of at least 4 members (excludes halogenated alkanes) is 2. The van der Waals surface area contributed by atoms with Crippen LogP contribution in [0, 0.1) is 0 Å². The average Bonchev–Trinajstić information content (AvgIpc) is 2.66. The van der Waals surface area contributed by atoms with Crippen molar-refractivity contribution in [1.29, 1.82) is 0 Å². The first-order chi connectivity index (χ1) is 13.1. The maximum atomic E-state index is 12.6. The molecule has 142 valence electrons. The fraction of sp³-hybridized carbons (Fsp3) is 0.333. The first kappa shape index (κ1) is 18.8. The van der Waals surface area contributed by atoms with Gasteiger partial charge in [0.25, 0.3) is 5.91 Å². The van der Waals surface area contributed by atoms with Crippen molar-refractivity contribution in [3.63, 3.8) is 0 Å². The van der Waals surface area contributed by atoms with Crippen LogP contribution in [0.1, 0.15) is 33.1 Å². The third-order valence-corrected chi connectivity index (χ3v) is 4.44. The lowest BCUT2D eigenvalue weighted by Gasteiger charge is -2.33. The van der Waals surface area contributed by atoms with Crippen molar-refractivity contribution in [2.24, 2.45) is 0 Å². The molecule has 0 saturated heterocycles. The predicted octanol–water partition coefficient (Wildman–Crippen LogP) is 4.63. The van der Waals surface area contributed by atoms with Crippen molar-refractivity contribution in [3.8, 4) is 5.75 Å². The Morgan fingerprint density at radius 1 is 1.07 bits per heavy atom. The highest BCUT2D eigenvalue weighted by atomic mass is 16.5. The number of anilines is 3. The summed E-state index contributed by atoms with van der Waals surface area (Å²) in [4.78, 5) is 26.5. The minimum Gasteiger partial charge on any atom is -0.479 e. The molecule has 2 aromatic rings. The minimum atomic E-state index is -0.501. The monoisotopic (exact) mass is 367 g/mol. The number of nitrogens with one attached hydrogen (secondary N) is 2. The molecule has 1 heterocycles. The van der Waals surface area contributed by atoms with E-state index >= 15 is 0 Å². The van der Waals surface area contributed by atoms with Crippen LogP contribution in [0.3, 0.4) is 0 Å². The summed E-state index contributed by atoms with van der Waals surface area (Å²) in [7, 11) is 0. The maximum absolute atomic E-state index is 12.6. The molecule has 3 amide bonds. The fourth-order valence-corrected chi connectivity index (χ4v) is 3.05. The number of hydrogen-bond donors (Lipinski definition) is 2. The summed E-state index contributed by atoms with van der Waals surface area (Å²) in [5, 5.41) is 5.59. The molecule has 1 aliphatic heterocycles. The van der Waals surface area contributed by atoms with Gasteiger partial charge in [-0.2, -0.15) is 0 Å². The van der Waals surface area contributed by atoms with Crippen LogP contribution < -0.4 is 20.3 Å². The average molecular weight is 367 g/mol. The SMILES string of the molecule is CCCCCN1C(=O)C(C)Oc2ccc(NC(=O)Nc3ccccc3)cc21. The number of para-hydroxylation sites is 1. The third kappa shape index (κ3) is 4.58. The van der Waals surface area contributed by atoms with Crippen LogP contribution in [0.25, 0.3) is 0 Å². The molecule has 0 radical (unpaired) electrons. The zero-order chi connectivity index (χ0) is 19.2. The Hall–Kier alpha value is -3.02. The Labute approximate surface area is 159 Å². The minimum absolute atomic E-state index is 0.0514. The van der Waals surface area contributed by atoms with Crippen LogP contribution in [0.15, 0.2) is 48.5 Å². The van der Waals surface area contributed by atoms with E-state index in [9.17, 15) is 9.59 Å². The number of ether oxygens (including phenoxy) is 1. The van der Waals surface area contributed by atoms with E-state index in [2.05, 4.69) is 17.6 Å². The predicted molar refractivity (Wildman–Crippen MR) is 107 cm³/mol. The van der Waals surface area contributed by atoms with Crippen LogP contribution in [-0.4, -0.2) is 24.6 Å². The van der Waals surface area contributed by atoms with Crippen molar-refractivity contribution >= 4 is 29.0 Å². The number of nitrogens with zero attached hydrogens (tertiary/aromatic N) is 1. The summed E-state index contributed by atoms with van der Waals surface area (Å²) in [6.45, 7) is 4.54. The maximum Gasteiger partial charge on any atom is 0.323 e. The molecule has 27 heavy (non-hydrogen) atoms. The summed E-state index contributed by atoms with van der Waals surface area (Å²) in [6, 6.07) is 14.2. The molecule has 6 heteroatoms. The van der Waals surface area contributed by atoms with E-state index < -0.39 is 6.10 Å². The van der Waals surface area contributed by atoms with Crippen molar-refractivity contribution in [1.82, 2.24) is 0 Å². The lowest BCUT2D eigenvalue weighted by molar-refractivity contribution is -0.125. The molecule has 2 N–H and O–H groups in total. The van der Waals surface area contributed by atoms with E-state index in [1.165, 1.54) is 0 Å². The topological polar surface area (TPSA) is 70.7 Å². The standard InChI is InChI=1S/C21H25N3O3/c1-3-4-8-13-24-18-14-17(11-12-19(18)27-15(2)20(24)25)23-21(26)22-16-9-6-5-7-10-16/h5-7,9-12,14-15H,3-4,8,13H2,1-2H3,(H2,22,23,26). The molecule has 0 bridgehead atoms. The van der Waals surface area contributed by atoms with E-state index in [4.69, 9.17) is 4.74 Å². The molecule has 3 rings (SSSR count). The Bertz CT molecular complexity index is 808. The highest BCUT2D eigenvalue weighted by Crippen LogP contribution is 2.36. The molecule has 2 aromatic carbocycles. The van der Waals surface area contributed by atoms with E-state index in [0.29, 0.717) is 29.4 Å². The van der Waals surface area contributed by atoms with Gasteiger partial charge < -0.3 is 20.3 Å². The Morgan fingerprint density at radius 3 is 2.56 bits per heavy atom. The van der Waals surface area contributed by atoms with E-state index in [-0.39, 0.29) is 11.9 Å². The second-order valence-electron chi connectivity index (χ2n) is 6.58. The number of benzene rings is 2. The van der Waals surface area contributed by atoms with E-state index in [1.807, 2.05) is 30.3 Å². The number of carbonyl (C=O) groups is 2. The second kappa shape index (κ2) is 8.58. The van der Waals surface area contributed by atoms with Gasteiger partial charge in [-0.25, -0.2) is 4.79 Å². The smallest absolute Gasteiger partial charge is 0.323 e. The van der Waals surface area contributed by atoms with Crippen molar-refractivity contribution < 1.29 is 14.3 Å². The van der Waals surface area contributed by atoms with Crippen molar-refractivity contribution in [3.05, 3.63) is 48.5 Å². The van der Waals surface area contributed by atoms with Crippen LogP contribution >= 0.6 is 0 Å². The molecular formula is C21H25N3O3. The van der Waals surface area contributed by atoms with Crippen molar-refractivity contribution in [2.45, 2.75) is 39.2 Å². The molecule has 0 spiro atoms. The largest absolute Gasteiger partial charge is 0.479 e. The first-order valence-electron chi connectivity index (χ1n) is 9.33. The van der Waals surface area contributed by atoms with Crippen LogP contribution in [0.2, 0.25) is 0 Å². The van der Waals surface area contributed by atoms with Crippen molar-refractivity contribution in [2.75, 3.05) is 22.1 Å². The summed E-state index contributed by atoms with van der Waals surface area (Å²) in [5.41, 5.74) is 2.02. The highest BCUT2D eigenvalue weighted by Gasteiger charge is 2.31. The Morgan fingerprint density at radius 2 is 1.81 bits per heavy atom. The zero-order valence-corrected chi connectivity index (χ0v) is 15.7. The summed E-state index contributed by atoms with van der Waals surface area (Å²) in [6.07, 6.45) is 2.58. The lowest BCUT2D eigenvalue weighted by atomic mass is 10.1. The van der Waals surface area contributed by atoms with Gasteiger partial charge >= 0.3 is 6.03 Å². The number of fused-ring (bicyclic) bond motifs is 1. The third-order valence-electron chi connectivity index (χ3n) is 4.44. The van der Waals surface area contributed by atoms with Gasteiger partial charge in [-0.05, 0) is 43.7 Å². The quantitative estimate of drug-likeness (QED) is 0.731. The van der Waals surface area contributed by atoms with Crippen LogP contribution in [-0.2, 0) is 4.79 Å². The molecule has 6 nitrogen and oxygen atoms in total. The summed E-state index contributed by atoms with van der Waals surface area (Å²) < 4.78 is 5.72. The zero-order valence-electron chi connectivity index (χ0n) is 15.7. The molecular weight excluding hydrogens is 342 g/mol. The molecule has 0 aliphatic carbocycles.